The van der Waals surface area contributed by atoms with E-state index in [-0.39, 0.29) is 5.78 Å². The first-order chi connectivity index (χ1) is 17.1. The normalized spacial score (nSPS) is 22.1. The van der Waals surface area contributed by atoms with Gasteiger partial charge >= 0.3 is 0 Å². The number of hydrogen-bond acceptors (Lipinski definition) is 6. The first kappa shape index (κ1) is 21.5. The molecule has 0 amide bonds. The fourth-order valence-corrected chi connectivity index (χ4v) is 5.25. The number of benzene rings is 1. The largest absolute Gasteiger partial charge is 0.478 e. The highest BCUT2D eigenvalue weighted by atomic mass is 16.5. The number of anilines is 1. The van der Waals surface area contributed by atoms with E-state index in [4.69, 9.17) is 4.74 Å². The number of Topliss-reactive ketones (excluding diaryl/α,β-unsaturated/α-hetero) is 1. The monoisotopic (exact) mass is 465 g/mol. The maximum atomic E-state index is 14.0. The average Bonchev–Trinajstić information content (AvgIpc) is 3.47. The summed E-state index contributed by atoms with van der Waals surface area (Å²) >= 11 is 0. The van der Waals surface area contributed by atoms with Crippen molar-refractivity contribution in [1.82, 2.24) is 19.6 Å². The SMILES string of the molecule is Cc1cccc(C2=C(c3ccc4ncnn4c3)OC3(CCC(CNc4cccnc4)CC3)C2=O)c1. The van der Waals surface area contributed by atoms with Crippen molar-refractivity contribution in [1.29, 1.82) is 0 Å². The van der Waals surface area contributed by atoms with Crippen molar-refractivity contribution in [2.45, 2.75) is 38.2 Å². The lowest BCUT2D eigenvalue weighted by Gasteiger charge is -2.36. The summed E-state index contributed by atoms with van der Waals surface area (Å²) in [7, 11) is 0. The van der Waals surface area contributed by atoms with Gasteiger partial charge in [-0.15, -0.1) is 0 Å². The fourth-order valence-electron chi connectivity index (χ4n) is 5.25. The Kier molecular flexibility index (Phi) is 5.32. The van der Waals surface area contributed by atoms with Gasteiger partial charge in [0.25, 0.3) is 0 Å². The van der Waals surface area contributed by atoms with Crippen LogP contribution in [0.1, 0.15) is 42.4 Å². The summed E-state index contributed by atoms with van der Waals surface area (Å²) in [6.45, 7) is 2.91. The van der Waals surface area contributed by atoms with Crippen LogP contribution >= 0.6 is 0 Å². The molecule has 0 radical (unpaired) electrons. The van der Waals surface area contributed by atoms with Crippen molar-refractivity contribution in [2.24, 2.45) is 5.92 Å². The third-order valence-corrected chi connectivity index (χ3v) is 7.18. The zero-order chi connectivity index (χ0) is 23.8. The summed E-state index contributed by atoms with van der Waals surface area (Å²) in [5, 5.41) is 7.75. The minimum absolute atomic E-state index is 0.0930. The van der Waals surface area contributed by atoms with Gasteiger partial charge in [-0.1, -0.05) is 29.8 Å². The van der Waals surface area contributed by atoms with Crippen molar-refractivity contribution in [3.8, 4) is 0 Å². The zero-order valence-corrected chi connectivity index (χ0v) is 19.6. The molecule has 1 aliphatic heterocycles. The zero-order valence-electron chi connectivity index (χ0n) is 19.6. The standard InChI is InChI=1S/C28H27N5O2/c1-19-4-2-5-21(14-19)25-26(22-7-8-24-31-18-32-33(24)17-22)35-28(27(25)34)11-9-20(10-12-28)15-30-23-6-3-13-29-16-23/h2-8,13-14,16-18,20,30H,9-12,15H2,1H3. The van der Waals surface area contributed by atoms with Crippen molar-refractivity contribution in [2.75, 3.05) is 11.9 Å². The van der Waals surface area contributed by atoms with Crippen LogP contribution in [-0.2, 0) is 9.53 Å². The summed E-state index contributed by atoms with van der Waals surface area (Å²) in [5.74, 6) is 1.22. The molecule has 0 atom stereocenters. The number of ketones is 1. The smallest absolute Gasteiger partial charge is 0.210 e. The molecule has 0 unspecified atom stereocenters. The molecule has 0 saturated heterocycles. The second-order valence-corrected chi connectivity index (χ2v) is 9.55. The minimum atomic E-state index is -0.809. The highest BCUT2D eigenvalue weighted by molar-refractivity contribution is 6.33. The molecule has 0 bridgehead atoms. The molecule has 1 saturated carbocycles. The number of ether oxygens (including phenoxy) is 1. The number of nitrogens with zero attached hydrogens (tertiary/aromatic N) is 4. The summed E-state index contributed by atoms with van der Waals surface area (Å²) in [6, 6.07) is 15.9. The third kappa shape index (κ3) is 3.97. The maximum absolute atomic E-state index is 14.0. The average molecular weight is 466 g/mol. The van der Waals surface area contributed by atoms with Crippen LogP contribution in [0.3, 0.4) is 0 Å². The van der Waals surface area contributed by atoms with Crippen molar-refractivity contribution >= 4 is 28.5 Å². The number of rotatable bonds is 5. The molecular weight excluding hydrogens is 438 g/mol. The van der Waals surface area contributed by atoms with Crippen LogP contribution in [0, 0.1) is 12.8 Å². The molecule has 176 valence electrons. The first-order valence-corrected chi connectivity index (χ1v) is 12.1. The first-order valence-electron chi connectivity index (χ1n) is 12.1. The lowest BCUT2D eigenvalue weighted by atomic mass is 9.75. The second-order valence-electron chi connectivity index (χ2n) is 9.55. The molecular formula is C28H27N5O2. The van der Waals surface area contributed by atoms with Gasteiger partial charge in [-0.25, -0.2) is 9.50 Å². The minimum Gasteiger partial charge on any atom is -0.478 e. The molecule has 4 heterocycles. The van der Waals surface area contributed by atoms with E-state index in [1.807, 2.05) is 61.8 Å². The Morgan fingerprint density at radius 2 is 2.00 bits per heavy atom. The van der Waals surface area contributed by atoms with E-state index in [1.54, 1.807) is 10.7 Å². The van der Waals surface area contributed by atoms with E-state index >= 15 is 0 Å². The van der Waals surface area contributed by atoms with Gasteiger partial charge < -0.3 is 10.1 Å². The van der Waals surface area contributed by atoms with Gasteiger partial charge in [0.2, 0.25) is 5.78 Å². The molecule has 1 spiro atoms. The number of carbonyl (C=O) groups excluding carboxylic acids is 1. The molecule has 1 fully saturated rings. The molecule has 4 aromatic rings. The van der Waals surface area contributed by atoms with Crippen molar-refractivity contribution in [3.63, 3.8) is 0 Å². The second kappa shape index (κ2) is 8.65. The predicted molar refractivity (Wildman–Crippen MR) is 134 cm³/mol. The number of hydrogen-bond donors (Lipinski definition) is 1. The van der Waals surface area contributed by atoms with E-state index in [0.29, 0.717) is 30.1 Å². The summed E-state index contributed by atoms with van der Waals surface area (Å²) in [5.41, 5.74) is 4.49. The Bertz CT molecular complexity index is 1420. The Morgan fingerprint density at radius 1 is 1.11 bits per heavy atom. The van der Waals surface area contributed by atoms with Crippen LogP contribution in [0.15, 0.2) is 73.4 Å². The summed E-state index contributed by atoms with van der Waals surface area (Å²) in [6.07, 6.45) is 10.3. The molecule has 6 rings (SSSR count). The highest BCUT2D eigenvalue weighted by Gasteiger charge is 2.51. The lowest BCUT2D eigenvalue weighted by Crippen LogP contribution is -2.42. The summed E-state index contributed by atoms with van der Waals surface area (Å²) < 4.78 is 8.39. The Balaban J connectivity index is 1.28. The number of aromatic nitrogens is 4. The van der Waals surface area contributed by atoms with E-state index in [2.05, 4.69) is 26.4 Å². The molecule has 7 nitrogen and oxygen atoms in total. The van der Waals surface area contributed by atoms with Gasteiger partial charge in [-0.2, -0.15) is 5.10 Å². The van der Waals surface area contributed by atoms with E-state index in [1.165, 1.54) is 6.33 Å². The molecule has 2 aliphatic rings. The van der Waals surface area contributed by atoms with E-state index in [0.717, 1.165) is 47.4 Å². The van der Waals surface area contributed by atoms with Crippen LogP contribution in [-0.4, -0.2) is 37.5 Å². The predicted octanol–water partition coefficient (Wildman–Crippen LogP) is 4.94. The number of aryl methyl sites for hydroxylation is 1. The van der Waals surface area contributed by atoms with Gasteiger partial charge in [0.1, 0.15) is 12.1 Å². The topological polar surface area (TPSA) is 81.4 Å². The van der Waals surface area contributed by atoms with Crippen LogP contribution in [0.25, 0.3) is 17.0 Å². The summed E-state index contributed by atoms with van der Waals surface area (Å²) in [4.78, 5) is 22.4. The molecule has 7 heteroatoms. The number of pyridine rings is 2. The van der Waals surface area contributed by atoms with Gasteiger partial charge in [0.15, 0.2) is 11.2 Å². The fraction of sp³-hybridized carbons (Fsp3) is 0.286. The lowest BCUT2D eigenvalue weighted by molar-refractivity contribution is -0.131. The van der Waals surface area contributed by atoms with Gasteiger partial charge in [0.05, 0.1) is 11.3 Å². The maximum Gasteiger partial charge on any atom is 0.210 e. The number of carbonyl (C=O) groups is 1. The number of nitrogens with one attached hydrogen (secondary N) is 1. The Labute approximate surface area is 203 Å². The van der Waals surface area contributed by atoms with Crippen LogP contribution in [0.5, 0.6) is 0 Å². The quantitative estimate of drug-likeness (QED) is 0.450. The van der Waals surface area contributed by atoms with Crippen LogP contribution in [0.4, 0.5) is 5.69 Å². The van der Waals surface area contributed by atoms with E-state index < -0.39 is 5.60 Å². The van der Waals surface area contributed by atoms with Crippen molar-refractivity contribution in [3.05, 3.63) is 90.1 Å². The molecule has 1 aliphatic carbocycles. The molecule has 1 N–H and O–H groups in total. The highest BCUT2D eigenvalue weighted by Crippen LogP contribution is 2.49. The van der Waals surface area contributed by atoms with Crippen LogP contribution < -0.4 is 5.32 Å². The van der Waals surface area contributed by atoms with Gasteiger partial charge in [-0.05, 0) is 68.4 Å². The van der Waals surface area contributed by atoms with Gasteiger partial charge in [0, 0.05) is 30.7 Å². The third-order valence-electron chi connectivity index (χ3n) is 7.18. The molecule has 1 aromatic carbocycles. The number of fused-ring (bicyclic) bond motifs is 1. The van der Waals surface area contributed by atoms with E-state index in [9.17, 15) is 4.79 Å². The van der Waals surface area contributed by atoms with Crippen LogP contribution in [0.2, 0.25) is 0 Å². The van der Waals surface area contributed by atoms with Gasteiger partial charge in [-0.3, -0.25) is 9.78 Å². The molecule has 3 aromatic heterocycles. The Hall–Kier alpha value is -4.00. The van der Waals surface area contributed by atoms with Crippen molar-refractivity contribution < 1.29 is 9.53 Å². The molecule has 35 heavy (non-hydrogen) atoms. The Morgan fingerprint density at radius 3 is 2.80 bits per heavy atom.